The lowest BCUT2D eigenvalue weighted by Crippen LogP contribution is -2.33. The lowest BCUT2D eigenvalue weighted by molar-refractivity contribution is 0.00296. The van der Waals surface area contributed by atoms with Crippen molar-refractivity contribution >= 4 is 0 Å². The number of aliphatic hydroxyl groups excluding tert-OH is 1. The van der Waals surface area contributed by atoms with Crippen LogP contribution >= 0.6 is 0 Å². The summed E-state index contributed by atoms with van der Waals surface area (Å²) >= 11 is 0. The van der Waals surface area contributed by atoms with E-state index in [4.69, 9.17) is 9.84 Å². The molecule has 3 unspecified atom stereocenters. The second-order valence-electron chi connectivity index (χ2n) is 4.49. The standard InChI is InChI=1S/C11H16N2O3.CH4O/c1-6-4-9(16-8(6)3)13-5-7(2)10(14)12-11(13)15;1-2/h5-6,8-9H,4H2,1-3H3,(H,12,14,15);2H,1H3. The molecule has 2 heterocycles. The number of hydrogen-bond acceptors (Lipinski definition) is 4. The molecule has 0 bridgehead atoms. The van der Waals surface area contributed by atoms with Gasteiger partial charge < -0.3 is 9.84 Å². The summed E-state index contributed by atoms with van der Waals surface area (Å²) in [7, 11) is 1.00. The zero-order chi connectivity index (χ0) is 13.9. The third-order valence-electron chi connectivity index (χ3n) is 3.20. The Morgan fingerprint density at radius 1 is 1.39 bits per heavy atom. The molecule has 18 heavy (non-hydrogen) atoms. The second kappa shape index (κ2) is 5.97. The van der Waals surface area contributed by atoms with Crippen molar-refractivity contribution in [2.75, 3.05) is 7.11 Å². The van der Waals surface area contributed by atoms with Crippen LogP contribution in [-0.2, 0) is 4.74 Å². The van der Waals surface area contributed by atoms with Crippen molar-refractivity contribution in [1.82, 2.24) is 9.55 Å². The van der Waals surface area contributed by atoms with Crippen LogP contribution in [0, 0.1) is 12.8 Å². The average molecular weight is 256 g/mol. The molecule has 3 atom stereocenters. The summed E-state index contributed by atoms with van der Waals surface area (Å²) in [4.78, 5) is 25.1. The van der Waals surface area contributed by atoms with Gasteiger partial charge in [0.05, 0.1) is 6.10 Å². The molecule has 1 aliphatic heterocycles. The highest BCUT2D eigenvalue weighted by atomic mass is 16.5. The molecular weight excluding hydrogens is 236 g/mol. The van der Waals surface area contributed by atoms with Gasteiger partial charge in [-0.15, -0.1) is 0 Å². The molecule has 0 aliphatic carbocycles. The number of ether oxygens (including phenoxy) is 1. The Bertz CT molecular complexity index is 496. The quantitative estimate of drug-likeness (QED) is 0.761. The van der Waals surface area contributed by atoms with Crippen molar-refractivity contribution in [3.63, 3.8) is 0 Å². The van der Waals surface area contributed by atoms with Crippen molar-refractivity contribution in [2.45, 2.75) is 39.5 Å². The van der Waals surface area contributed by atoms with E-state index < -0.39 is 5.69 Å². The van der Waals surface area contributed by atoms with Crippen LogP contribution < -0.4 is 11.2 Å². The van der Waals surface area contributed by atoms with Gasteiger partial charge in [-0.3, -0.25) is 14.3 Å². The molecule has 0 amide bonds. The molecule has 1 aromatic rings. The van der Waals surface area contributed by atoms with E-state index in [9.17, 15) is 9.59 Å². The fraction of sp³-hybridized carbons (Fsp3) is 0.667. The Morgan fingerprint density at radius 2 is 2.00 bits per heavy atom. The molecule has 0 saturated carbocycles. The maximum Gasteiger partial charge on any atom is 0.330 e. The molecule has 0 aromatic carbocycles. The summed E-state index contributed by atoms with van der Waals surface area (Å²) in [5.74, 6) is 0.420. The summed E-state index contributed by atoms with van der Waals surface area (Å²) in [5, 5.41) is 7.00. The maximum atomic E-state index is 11.6. The molecule has 1 aliphatic rings. The average Bonchev–Trinajstić information content (AvgIpc) is 2.67. The van der Waals surface area contributed by atoms with E-state index in [2.05, 4.69) is 11.9 Å². The van der Waals surface area contributed by atoms with Crippen LogP contribution in [0.5, 0.6) is 0 Å². The Hall–Kier alpha value is -1.40. The minimum absolute atomic E-state index is 0.143. The Morgan fingerprint density at radius 3 is 2.50 bits per heavy atom. The Kier molecular flexibility index (Phi) is 4.86. The summed E-state index contributed by atoms with van der Waals surface area (Å²) in [6.45, 7) is 5.76. The van der Waals surface area contributed by atoms with E-state index in [0.717, 1.165) is 13.5 Å². The highest BCUT2D eigenvalue weighted by molar-refractivity contribution is 5.01. The molecule has 1 fully saturated rings. The largest absolute Gasteiger partial charge is 0.400 e. The lowest BCUT2D eigenvalue weighted by Gasteiger charge is -2.14. The summed E-state index contributed by atoms with van der Waals surface area (Å²) in [6.07, 6.45) is 2.25. The van der Waals surface area contributed by atoms with Crippen LogP contribution in [0.1, 0.15) is 32.1 Å². The van der Waals surface area contributed by atoms with Gasteiger partial charge in [0.25, 0.3) is 5.56 Å². The molecular formula is C12H20N2O4. The Balaban J connectivity index is 0.000000771. The fourth-order valence-corrected chi connectivity index (χ4v) is 1.93. The molecule has 1 aromatic heterocycles. The van der Waals surface area contributed by atoms with E-state index in [1.807, 2.05) is 6.92 Å². The number of nitrogens with zero attached hydrogens (tertiary/aromatic N) is 1. The first kappa shape index (κ1) is 14.7. The van der Waals surface area contributed by atoms with Gasteiger partial charge in [-0.1, -0.05) is 6.92 Å². The zero-order valence-electron chi connectivity index (χ0n) is 11.1. The van der Waals surface area contributed by atoms with E-state index in [1.54, 1.807) is 13.1 Å². The molecule has 6 heteroatoms. The smallest absolute Gasteiger partial charge is 0.330 e. The van der Waals surface area contributed by atoms with Crippen LogP contribution in [0.15, 0.2) is 15.8 Å². The normalized spacial score (nSPS) is 26.6. The first-order valence-electron chi connectivity index (χ1n) is 5.91. The van der Waals surface area contributed by atoms with Crippen molar-refractivity contribution < 1.29 is 9.84 Å². The predicted molar refractivity (Wildman–Crippen MR) is 67.6 cm³/mol. The number of aliphatic hydroxyl groups is 1. The van der Waals surface area contributed by atoms with Gasteiger partial charge in [0.15, 0.2) is 0 Å². The van der Waals surface area contributed by atoms with E-state index in [1.165, 1.54) is 4.57 Å². The molecule has 6 nitrogen and oxygen atoms in total. The number of aryl methyl sites for hydroxylation is 1. The fourth-order valence-electron chi connectivity index (χ4n) is 1.93. The van der Waals surface area contributed by atoms with Crippen molar-refractivity contribution in [2.24, 2.45) is 5.92 Å². The van der Waals surface area contributed by atoms with Crippen molar-refractivity contribution in [3.05, 3.63) is 32.6 Å². The number of H-pyrrole nitrogens is 1. The van der Waals surface area contributed by atoms with E-state index >= 15 is 0 Å². The highest BCUT2D eigenvalue weighted by Gasteiger charge is 2.30. The van der Waals surface area contributed by atoms with Crippen LogP contribution in [0.4, 0.5) is 0 Å². The van der Waals surface area contributed by atoms with Crippen LogP contribution in [-0.4, -0.2) is 27.9 Å². The van der Waals surface area contributed by atoms with Crippen LogP contribution in [0.25, 0.3) is 0 Å². The van der Waals surface area contributed by atoms with Crippen LogP contribution in [0.2, 0.25) is 0 Å². The maximum absolute atomic E-state index is 11.6. The minimum Gasteiger partial charge on any atom is -0.400 e. The third kappa shape index (κ3) is 2.88. The number of rotatable bonds is 1. The van der Waals surface area contributed by atoms with E-state index in [0.29, 0.717) is 11.5 Å². The van der Waals surface area contributed by atoms with Gasteiger partial charge in [-0.25, -0.2) is 4.79 Å². The van der Waals surface area contributed by atoms with Gasteiger partial charge in [-0.2, -0.15) is 0 Å². The molecule has 0 spiro atoms. The summed E-state index contributed by atoms with van der Waals surface area (Å²) in [6, 6.07) is 0. The van der Waals surface area contributed by atoms with E-state index in [-0.39, 0.29) is 17.9 Å². The Labute approximate surface area is 105 Å². The number of nitrogens with one attached hydrogen (secondary N) is 1. The molecule has 2 N–H and O–H groups in total. The van der Waals surface area contributed by atoms with Crippen molar-refractivity contribution in [1.29, 1.82) is 0 Å². The highest BCUT2D eigenvalue weighted by Crippen LogP contribution is 2.31. The number of aromatic nitrogens is 2. The van der Waals surface area contributed by atoms with Gasteiger partial charge in [0, 0.05) is 18.9 Å². The minimum atomic E-state index is -0.401. The molecule has 0 radical (unpaired) electrons. The van der Waals surface area contributed by atoms with Gasteiger partial charge in [-0.05, 0) is 26.2 Å². The summed E-state index contributed by atoms with van der Waals surface area (Å²) in [5.41, 5.74) is -0.211. The SMILES string of the molecule is CO.Cc1cn(C2CC(C)C(C)O2)c(=O)[nH]c1=O. The van der Waals surface area contributed by atoms with Gasteiger partial charge >= 0.3 is 5.69 Å². The monoisotopic (exact) mass is 256 g/mol. The second-order valence-corrected chi connectivity index (χ2v) is 4.49. The molecule has 1 saturated heterocycles. The third-order valence-corrected chi connectivity index (χ3v) is 3.20. The topological polar surface area (TPSA) is 84.3 Å². The van der Waals surface area contributed by atoms with Gasteiger partial charge in [0.1, 0.15) is 6.23 Å². The first-order chi connectivity index (χ1) is 8.49. The van der Waals surface area contributed by atoms with Crippen LogP contribution in [0.3, 0.4) is 0 Å². The summed E-state index contributed by atoms with van der Waals surface area (Å²) < 4.78 is 7.15. The lowest BCUT2D eigenvalue weighted by atomic mass is 10.1. The van der Waals surface area contributed by atoms with Gasteiger partial charge in [0.2, 0.25) is 0 Å². The zero-order valence-corrected chi connectivity index (χ0v) is 11.1. The number of hydrogen-bond donors (Lipinski definition) is 2. The molecule has 102 valence electrons. The number of aromatic amines is 1. The predicted octanol–water partition coefficient (Wildman–Crippen LogP) is 0.397. The molecule has 2 rings (SSSR count). The first-order valence-corrected chi connectivity index (χ1v) is 5.91. The van der Waals surface area contributed by atoms with Crippen molar-refractivity contribution in [3.8, 4) is 0 Å².